The molecule has 2 aromatic carbocycles. The molecule has 11 heteroatoms. The molecule has 192 valence electrons. The zero-order chi connectivity index (χ0) is 26.4. The number of anilines is 1. The van der Waals surface area contributed by atoms with Gasteiger partial charge in [0.1, 0.15) is 23.0 Å². The molecule has 1 aliphatic rings. The molecule has 8 nitrogen and oxygen atoms in total. The van der Waals surface area contributed by atoms with Crippen LogP contribution in [0.25, 0.3) is 33.5 Å². The van der Waals surface area contributed by atoms with Gasteiger partial charge in [0.15, 0.2) is 0 Å². The van der Waals surface area contributed by atoms with Gasteiger partial charge in [0.25, 0.3) is 0 Å². The lowest BCUT2D eigenvalue weighted by Gasteiger charge is -2.37. The number of pyridine rings is 1. The highest BCUT2D eigenvalue weighted by molar-refractivity contribution is 6.30. The largest absolute Gasteiger partial charge is 0.465 e. The molecule has 5 rings (SSSR count). The summed E-state index contributed by atoms with van der Waals surface area (Å²) in [7, 11) is 1.21. The number of β-amino-alcohol motifs (C(OH)–C–C–N with tert-alkyl or cyclic N) is 1. The average molecular weight is 528 g/mol. The second kappa shape index (κ2) is 9.70. The average Bonchev–Trinajstić information content (AvgIpc) is 3.27. The Morgan fingerprint density at radius 3 is 2.70 bits per heavy atom. The Balaban J connectivity index is 1.79. The summed E-state index contributed by atoms with van der Waals surface area (Å²) in [6, 6.07) is 6.10. The summed E-state index contributed by atoms with van der Waals surface area (Å²) in [4.78, 5) is 26.5. The van der Waals surface area contributed by atoms with E-state index < -0.39 is 23.7 Å². The lowest BCUT2D eigenvalue weighted by molar-refractivity contribution is 0.0602. The van der Waals surface area contributed by atoms with Gasteiger partial charge >= 0.3 is 5.97 Å². The highest BCUT2D eigenvalue weighted by Crippen LogP contribution is 2.42. The Labute approximate surface area is 216 Å². The third-order valence-electron chi connectivity index (χ3n) is 6.56. The van der Waals surface area contributed by atoms with Crippen LogP contribution in [0.15, 0.2) is 36.5 Å². The molecule has 0 amide bonds. The van der Waals surface area contributed by atoms with Crippen LogP contribution >= 0.6 is 11.6 Å². The number of aliphatic hydroxyl groups is 1. The summed E-state index contributed by atoms with van der Waals surface area (Å²) in [6.45, 7) is 2.51. The van der Waals surface area contributed by atoms with Crippen LogP contribution in [-0.4, -0.2) is 58.4 Å². The van der Waals surface area contributed by atoms with Crippen molar-refractivity contribution in [1.29, 1.82) is 0 Å². The molecule has 2 aromatic heterocycles. The number of carbonyl (C=O) groups excluding carboxylic acids is 1. The van der Waals surface area contributed by atoms with Crippen LogP contribution in [0.2, 0.25) is 5.02 Å². The number of aryl methyl sites for hydroxylation is 1. The number of H-pyrrole nitrogens is 1. The first kappa shape index (κ1) is 25.1. The van der Waals surface area contributed by atoms with Crippen molar-refractivity contribution < 1.29 is 23.4 Å². The van der Waals surface area contributed by atoms with E-state index in [9.17, 15) is 18.7 Å². The maximum atomic E-state index is 14.4. The van der Waals surface area contributed by atoms with Gasteiger partial charge in [0.2, 0.25) is 0 Å². The van der Waals surface area contributed by atoms with E-state index in [0.717, 1.165) is 6.07 Å². The Morgan fingerprint density at radius 1 is 1.24 bits per heavy atom. The van der Waals surface area contributed by atoms with Crippen molar-refractivity contribution in [2.75, 3.05) is 25.1 Å². The van der Waals surface area contributed by atoms with Crippen LogP contribution < -0.4 is 10.6 Å². The molecule has 0 saturated carbocycles. The number of nitrogens with one attached hydrogen (secondary N) is 1. The predicted molar refractivity (Wildman–Crippen MR) is 137 cm³/mol. The van der Waals surface area contributed by atoms with Crippen LogP contribution in [0.1, 0.15) is 22.5 Å². The number of aliphatic hydroxyl groups excluding tert-OH is 1. The first-order chi connectivity index (χ1) is 17.7. The minimum atomic E-state index is -0.797. The Hall–Kier alpha value is -3.60. The van der Waals surface area contributed by atoms with Crippen molar-refractivity contribution in [1.82, 2.24) is 15.0 Å². The Kier molecular flexibility index (Phi) is 6.57. The van der Waals surface area contributed by atoms with Crippen molar-refractivity contribution in [2.45, 2.75) is 25.5 Å². The monoisotopic (exact) mass is 527 g/mol. The molecule has 0 spiro atoms. The van der Waals surface area contributed by atoms with E-state index in [1.807, 2.05) is 4.90 Å². The van der Waals surface area contributed by atoms with Crippen LogP contribution in [0.4, 0.5) is 14.5 Å². The number of methoxy groups -OCH3 is 1. The van der Waals surface area contributed by atoms with Gasteiger partial charge in [-0.2, -0.15) is 0 Å². The van der Waals surface area contributed by atoms with Crippen LogP contribution in [0.3, 0.4) is 0 Å². The van der Waals surface area contributed by atoms with Crippen molar-refractivity contribution in [3.8, 4) is 22.5 Å². The number of ether oxygens (including phenoxy) is 1. The van der Waals surface area contributed by atoms with Gasteiger partial charge in [-0.1, -0.05) is 11.6 Å². The number of halogens is 3. The number of imidazole rings is 1. The molecule has 2 atom stereocenters. The molecule has 4 N–H and O–H groups in total. The molecule has 0 aliphatic carbocycles. The number of hydrogen-bond acceptors (Lipinski definition) is 7. The third-order valence-corrected chi connectivity index (χ3v) is 6.78. The molecule has 0 bridgehead atoms. The minimum Gasteiger partial charge on any atom is -0.465 e. The lowest BCUT2D eigenvalue weighted by Crippen LogP contribution is -2.51. The SMILES string of the molecule is COC(=O)c1cc(F)cc2[nH]c(-c3c(C)ncc(-c4cc(F)cc(Cl)c4)c3N3CC[C@@H](N)[C@@H](O)C3)nc12. The smallest absolute Gasteiger partial charge is 0.340 e. The zero-order valence-electron chi connectivity index (χ0n) is 20.1. The van der Waals surface area contributed by atoms with Crippen LogP contribution in [-0.2, 0) is 4.74 Å². The number of nitrogens with zero attached hydrogens (tertiary/aromatic N) is 3. The number of rotatable bonds is 4. The summed E-state index contributed by atoms with van der Waals surface area (Å²) < 4.78 is 33.5. The molecule has 0 radical (unpaired) electrons. The number of nitrogens with two attached hydrogens (primary N) is 1. The quantitative estimate of drug-likeness (QED) is 0.340. The predicted octanol–water partition coefficient (Wildman–Crippen LogP) is 4.22. The fraction of sp³-hybridized carbons (Fsp3) is 0.269. The van der Waals surface area contributed by atoms with Crippen molar-refractivity contribution in [3.05, 3.63) is 64.4 Å². The second-order valence-electron chi connectivity index (χ2n) is 9.03. The van der Waals surface area contributed by atoms with Gasteiger partial charge in [-0.3, -0.25) is 4.98 Å². The van der Waals surface area contributed by atoms with E-state index in [0.29, 0.717) is 52.4 Å². The first-order valence-corrected chi connectivity index (χ1v) is 12.0. The fourth-order valence-electron chi connectivity index (χ4n) is 4.74. The van der Waals surface area contributed by atoms with Gasteiger partial charge in [0, 0.05) is 35.9 Å². The summed E-state index contributed by atoms with van der Waals surface area (Å²) in [5.41, 5.74) is 9.34. The minimum absolute atomic E-state index is 0.0282. The molecular formula is C26H24ClF2N5O3. The number of fused-ring (bicyclic) bond motifs is 1. The van der Waals surface area contributed by atoms with E-state index in [1.54, 1.807) is 19.2 Å². The summed E-state index contributed by atoms with van der Waals surface area (Å²) in [6.07, 6.45) is 1.33. The van der Waals surface area contributed by atoms with Gasteiger partial charge in [-0.25, -0.2) is 18.6 Å². The highest BCUT2D eigenvalue weighted by atomic mass is 35.5. The number of piperidine rings is 1. The normalized spacial score (nSPS) is 17.9. The summed E-state index contributed by atoms with van der Waals surface area (Å²) >= 11 is 6.17. The van der Waals surface area contributed by atoms with Crippen LogP contribution in [0, 0.1) is 18.6 Å². The molecule has 1 aliphatic heterocycles. The van der Waals surface area contributed by atoms with Gasteiger partial charge in [-0.15, -0.1) is 0 Å². The second-order valence-corrected chi connectivity index (χ2v) is 9.47. The first-order valence-electron chi connectivity index (χ1n) is 11.6. The topological polar surface area (TPSA) is 117 Å². The maximum Gasteiger partial charge on any atom is 0.340 e. The lowest BCUT2D eigenvalue weighted by atomic mass is 9.96. The zero-order valence-corrected chi connectivity index (χ0v) is 20.8. The van der Waals surface area contributed by atoms with Crippen molar-refractivity contribution >= 4 is 34.3 Å². The number of carbonyl (C=O) groups is 1. The van der Waals surface area contributed by atoms with E-state index in [1.165, 1.54) is 25.3 Å². The number of hydrogen-bond donors (Lipinski definition) is 3. The maximum absolute atomic E-state index is 14.4. The number of esters is 1. The van der Waals surface area contributed by atoms with Gasteiger partial charge in [0.05, 0.1) is 41.2 Å². The van der Waals surface area contributed by atoms with E-state index in [-0.39, 0.29) is 28.7 Å². The van der Waals surface area contributed by atoms with E-state index >= 15 is 0 Å². The van der Waals surface area contributed by atoms with Crippen molar-refractivity contribution in [2.24, 2.45) is 5.73 Å². The molecule has 1 saturated heterocycles. The van der Waals surface area contributed by atoms with Gasteiger partial charge in [-0.05, 0) is 49.2 Å². The molecule has 4 aromatic rings. The molecule has 1 fully saturated rings. The van der Waals surface area contributed by atoms with Crippen molar-refractivity contribution in [3.63, 3.8) is 0 Å². The molecular weight excluding hydrogens is 504 g/mol. The third kappa shape index (κ3) is 4.63. The summed E-state index contributed by atoms with van der Waals surface area (Å²) in [5.74, 6) is -1.55. The number of aromatic amines is 1. The molecule has 37 heavy (non-hydrogen) atoms. The molecule has 0 unspecified atom stereocenters. The standard InChI is InChI=1S/C26H24ClF2N5O3/c1-12-22(25-32-20-9-16(29)8-17(23(20)33-25)26(36)37-2)24(34-4-3-19(30)21(35)11-34)18(10-31-12)13-5-14(27)7-15(28)6-13/h5-10,19,21,35H,3-4,11,30H2,1-2H3,(H,32,33)/t19-,21+/m1/s1. The van der Waals surface area contributed by atoms with E-state index in [4.69, 9.17) is 22.1 Å². The number of benzene rings is 2. The highest BCUT2D eigenvalue weighted by Gasteiger charge is 2.30. The van der Waals surface area contributed by atoms with Crippen LogP contribution in [0.5, 0.6) is 0 Å². The van der Waals surface area contributed by atoms with E-state index in [2.05, 4.69) is 15.0 Å². The molecule has 3 heterocycles. The van der Waals surface area contributed by atoms with Gasteiger partial charge < -0.3 is 25.5 Å². The Morgan fingerprint density at radius 2 is 2.00 bits per heavy atom. The number of aromatic nitrogens is 3. The summed E-state index contributed by atoms with van der Waals surface area (Å²) in [5, 5.41) is 10.8. The fourth-order valence-corrected chi connectivity index (χ4v) is 4.97. The Bertz CT molecular complexity index is 1510.